The third-order valence-corrected chi connectivity index (χ3v) is 4.02. The molecule has 1 saturated carbocycles. The van der Waals surface area contributed by atoms with Gasteiger partial charge < -0.3 is 5.32 Å². The molecule has 1 aromatic rings. The van der Waals surface area contributed by atoms with E-state index in [1.807, 2.05) is 7.05 Å². The van der Waals surface area contributed by atoms with Crippen molar-refractivity contribution in [1.82, 2.24) is 5.32 Å². The fourth-order valence-electron chi connectivity index (χ4n) is 3.00. The maximum Gasteiger partial charge on any atom is 0.126 e. The Hall–Kier alpha value is -0.600. The maximum absolute atomic E-state index is 13.8. The molecule has 0 saturated heterocycles. The van der Waals surface area contributed by atoms with Crippen LogP contribution in [0.5, 0.6) is 0 Å². The summed E-state index contributed by atoms with van der Waals surface area (Å²) in [7, 11) is 1.97. The van der Waals surface area contributed by atoms with Gasteiger partial charge in [-0.1, -0.05) is 24.4 Å². The van der Waals surface area contributed by atoms with Crippen LogP contribution in [0.15, 0.2) is 18.2 Å². The fraction of sp³-hybridized carbons (Fsp3) is 0.571. The zero-order valence-corrected chi connectivity index (χ0v) is 11.0. The van der Waals surface area contributed by atoms with Crippen LogP contribution in [0.3, 0.4) is 0 Å². The van der Waals surface area contributed by atoms with E-state index in [0.717, 1.165) is 18.5 Å². The summed E-state index contributed by atoms with van der Waals surface area (Å²) in [6.07, 6.45) is 5.66. The Morgan fingerprint density at radius 1 is 1.35 bits per heavy atom. The van der Waals surface area contributed by atoms with Crippen LogP contribution < -0.4 is 5.32 Å². The minimum atomic E-state index is -0.128. The third-order valence-electron chi connectivity index (χ3n) is 3.79. The van der Waals surface area contributed by atoms with Crippen LogP contribution in [0.1, 0.15) is 31.2 Å². The van der Waals surface area contributed by atoms with E-state index in [-0.39, 0.29) is 11.2 Å². The highest BCUT2D eigenvalue weighted by atomic mass is 35.5. The van der Waals surface area contributed by atoms with Crippen molar-refractivity contribution < 1.29 is 4.39 Å². The molecule has 1 nitrogen and oxygen atoms in total. The molecule has 1 aliphatic carbocycles. The molecule has 0 amide bonds. The lowest BCUT2D eigenvalue weighted by Crippen LogP contribution is -2.32. The second-order valence-electron chi connectivity index (χ2n) is 5.15. The van der Waals surface area contributed by atoms with Crippen LogP contribution >= 0.6 is 11.6 Å². The number of nitrogens with one attached hydrogen (secondary N) is 1. The van der Waals surface area contributed by atoms with E-state index >= 15 is 0 Å². The smallest absolute Gasteiger partial charge is 0.126 e. The van der Waals surface area contributed by atoms with Gasteiger partial charge in [0.1, 0.15) is 5.82 Å². The molecule has 2 rings (SSSR count). The predicted octanol–water partition coefficient (Wildman–Crippen LogP) is 3.80. The first-order chi connectivity index (χ1) is 8.15. The zero-order valence-electron chi connectivity index (χ0n) is 10.2. The summed E-state index contributed by atoms with van der Waals surface area (Å²) in [5.41, 5.74) is 0.981. The van der Waals surface area contributed by atoms with Gasteiger partial charge >= 0.3 is 0 Å². The lowest BCUT2D eigenvalue weighted by Gasteiger charge is -2.29. The highest BCUT2D eigenvalue weighted by Crippen LogP contribution is 2.41. The molecular weight excluding hydrogens is 237 g/mol. The molecule has 0 bridgehead atoms. The topological polar surface area (TPSA) is 12.0 Å². The van der Waals surface area contributed by atoms with E-state index in [1.165, 1.54) is 31.7 Å². The quantitative estimate of drug-likeness (QED) is 0.863. The van der Waals surface area contributed by atoms with E-state index in [9.17, 15) is 4.39 Å². The molecule has 1 N–H and O–H groups in total. The van der Waals surface area contributed by atoms with Crippen molar-refractivity contribution in [2.24, 2.45) is 5.41 Å². The molecule has 0 aliphatic heterocycles. The van der Waals surface area contributed by atoms with Gasteiger partial charge in [0.05, 0.1) is 0 Å². The number of halogens is 2. The average molecular weight is 256 g/mol. The first-order valence-corrected chi connectivity index (χ1v) is 6.62. The second-order valence-corrected chi connectivity index (χ2v) is 5.59. The van der Waals surface area contributed by atoms with Crippen molar-refractivity contribution in [3.8, 4) is 0 Å². The van der Waals surface area contributed by atoms with E-state index < -0.39 is 0 Å². The van der Waals surface area contributed by atoms with E-state index in [4.69, 9.17) is 11.6 Å². The van der Waals surface area contributed by atoms with Crippen molar-refractivity contribution in [2.75, 3.05) is 13.6 Å². The highest BCUT2D eigenvalue weighted by molar-refractivity contribution is 6.30. The summed E-state index contributed by atoms with van der Waals surface area (Å²) in [5.74, 6) is -0.128. The van der Waals surface area contributed by atoms with E-state index in [1.54, 1.807) is 12.1 Å². The Morgan fingerprint density at radius 2 is 2.06 bits per heavy atom. The fourth-order valence-corrected chi connectivity index (χ4v) is 3.19. The molecule has 0 spiro atoms. The van der Waals surface area contributed by atoms with Crippen molar-refractivity contribution in [1.29, 1.82) is 0 Å². The molecule has 0 aromatic heterocycles. The molecule has 0 atom stereocenters. The number of hydrogen-bond acceptors (Lipinski definition) is 1. The standard InChI is InChI=1S/C14H19ClFN/c1-17-10-14(6-2-3-7-14)9-11-8-12(15)4-5-13(11)16/h4-5,8,17H,2-3,6-7,9-10H2,1H3. The molecular formula is C14H19ClFN. The van der Waals surface area contributed by atoms with Crippen LogP contribution in [0.2, 0.25) is 5.02 Å². The van der Waals surface area contributed by atoms with Gasteiger partial charge in [-0.05, 0) is 55.5 Å². The van der Waals surface area contributed by atoms with Gasteiger partial charge in [-0.25, -0.2) is 4.39 Å². The lowest BCUT2D eigenvalue weighted by molar-refractivity contribution is 0.282. The summed E-state index contributed by atoms with van der Waals surface area (Å²) in [5, 5.41) is 3.87. The highest BCUT2D eigenvalue weighted by Gasteiger charge is 2.33. The number of rotatable bonds is 4. The zero-order chi connectivity index (χ0) is 12.3. The molecule has 94 valence electrons. The van der Waals surface area contributed by atoms with Gasteiger partial charge in [0, 0.05) is 11.6 Å². The Morgan fingerprint density at radius 3 is 2.71 bits per heavy atom. The average Bonchev–Trinajstić information content (AvgIpc) is 2.73. The summed E-state index contributed by atoms with van der Waals surface area (Å²) >= 11 is 5.94. The monoisotopic (exact) mass is 255 g/mol. The van der Waals surface area contributed by atoms with E-state index in [0.29, 0.717) is 5.02 Å². The summed E-state index contributed by atoms with van der Waals surface area (Å²) < 4.78 is 13.8. The lowest BCUT2D eigenvalue weighted by atomic mass is 9.80. The van der Waals surface area contributed by atoms with Crippen LogP contribution in [0.4, 0.5) is 4.39 Å². The SMILES string of the molecule is CNCC1(Cc2cc(Cl)ccc2F)CCCC1. The molecule has 1 fully saturated rings. The predicted molar refractivity (Wildman–Crippen MR) is 69.9 cm³/mol. The largest absolute Gasteiger partial charge is 0.319 e. The van der Waals surface area contributed by atoms with Crippen molar-refractivity contribution >= 4 is 11.6 Å². The van der Waals surface area contributed by atoms with Crippen molar-refractivity contribution in [3.63, 3.8) is 0 Å². The summed E-state index contributed by atoms with van der Waals surface area (Å²) in [6, 6.07) is 4.85. The van der Waals surface area contributed by atoms with Gasteiger partial charge in [0.15, 0.2) is 0 Å². The number of benzene rings is 1. The van der Waals surface area contributed by atoms with Gasteiger partial charge in [-0.3, -0.25) is 0 Å². The Bertz CT molecular complexity index is 386. The van der Waals surface area contributed by atoms with Crippen molar-refractivity contribution in [3.05, 3.63) is 34.6 Å². The molecule has 1 aliphatic rings. The third kappa shape index (κ3) is 2.99. The van der Waals surface area contributed by atoms with Crippen LogP contribution in [0, 0.1) is 11.2 Å². The van der Waals surface area contributed by atoms with E-state index in [2.05, 4.69) is 5.32 Å². The molecule has 0 radical (unpaired) electrons. The Labute approximate surface area is 107 Å². The Balaban J connectivity index is 2.19. The minimum absolute atomic E-state index is 0.128. The molecule has 0 heterocycles. The second kappa shape index (κ2) is 5.36. The Kier molecular flexibility index (Phi) is 4.05. The van der Waals surface area contributed by atoms with Crippen molar-refractivity contribution in [2.45, 2.75) is 32.1 Å². The molecule has 0 unspecified atom stereocenters. The summed E-state index contributed by atoms with van der Waals surface area (Å²) in [6.45, 7) is 0.957. The molecule has 17 heavy (non-hydrogen) atoms. The van der Waals surface area contributed by atoms with Gasteiger partial charge in [0.2, 0.25) is 0 Å². The van der Waals surface area contributed by atoms with Crippen LogP contribution in [0.25, 0.3) is 0 Å². The molecule has 3 heteroatoms. The van der Waals surface area contributed by atoms with Gasteiger partial charge in [-0.2, -0.15) is 0 Å². The molecule has 1 aromatic carbocycles. The van der Waals surface area contributed by atoms with Crippen LogP contribution in [-0.2, 0) is 6.42 Å². The first-order valence-electron chi connectivity index (χ1n) is 6.24. The summed E-state index contributed by atoms with van der Waals surface area (Å²) in [4.78, 5) is 0. The maximum atomic E-state index is 13.8. The number of hydrogen-bond donors (Lipinski definition) is 1. The normalized spacial score (nSPS) is 18.5. The van der Waals surface area contributed by atoms with Gasteiger partial charge in [0.25, 0.3) is 0 Å². The minimum Gasteiger partial charge on any atom is -0.319 e. The van der Waals surface area contributed by atoms with Gasteiger partial charge in [-0.15, -0.1) is 0 Å². The first kappa shape index (κ1) is 12.8. The van der Waals surface area contributed by atoms with Crippen LogP contribution in [-0.4, -0.2) is 13.6 Å².